The number of nitrogens with one attached hydrogen (secondary N) is 1. The maximum absolute atomic E-state index is 13.7. The number of hydrogen-bond donors (Lipinski definition) is 2. The summed E-state index contributed by atoms with van der Waals surface area (Å²) in [6.07, 6.45) is -0.251. The number of halogens is 1. The number of carboxylic acids is 1. The van der Waals surface area contributed by atoms with Crippen LogP contribution in [0.2, 0.25) is 0 Å². The molecule has 0 amide bonds. The summed E-state index contributed by atoms with van der Waals surface area (Å²) in [5.41, 5.74) is 0.353. The molecule has 0 bridgehead atoms. The molecular weight excluding hydrogens is 317 g/mol. The largest absolute Gasteiger partial charge is 0.481 e. The Morgan fingerprint density at radius 2 is 2.05 bits per heavy atom. The fourth-order valence-electron chi connectivity index (χ4n) is 1.69. The number of rotatable bonds is 5. The molecule has 2 aromatic rings. The van der Waals surface area contributed by atoms with Crippen molar-refractivity contribution >= 4 is 33.0 Å². The van der Waals surface area contributed by atoms with Gasteiger partial charge in [0.05, 0.1) is 12.1 Å². The number of carbonyl (C=O) groups is 1. The van der Waals surface area contributed by atoms with E-state index in [4.69, 9.17) is 5.11 Å². The first kappa shape index (κ1) is 15.5. The van der Waals surface area contributed by atoms with Crippen molar-refractivity contribution in [3.8, 4) is 0 Å². The first-order valence-electron chi connectivity index (χ1n) is 5.88. The van der Waals surface area contributed by atoms with Gasteiger partial charge in [0.15, 0.2) is 0 Å². The molecule has 1 heterocycles. The van der Waals surface area contributed by atoms with Crippen molar-refractivity contribution in [3.05, 3.63) is 46.6 Å². The van der Waals surface area contributed by atoms with Crippen LogP contribution in [0.15, 0.2) is 34.5 Å². The molecule has 0 aliphatic heterocycles. The van der Waals surface area contributed by atoms with Crippen LogP contribution >= 0.6 is 11.3 Å². The van der Waals surface area contributed by atoms with Crippen LogP contribution in [0, 0.1) is 12.7 Å². The van der Waals surface area contributed by atoms with Crippen molar-refractivity contribution in [1.29, 1.82) is 0 Å². The highest BCUT2D eigenvalue weighted by atomic mass is 32.2. The first-order valence-corrected chi connectivity index (χ1v) is 8.18. The summed E-state index contributed by atoms with van der Waals surface area (Å²) in [6.45, 7) is 1.59. The monoisotopic (exact) mass is 329 g/mol. The van der Waals surface area contributed by atoms with Crippen LogP contribution in [-0.4, -0.2) is 19.5 Å². The number of aliphatic carboxylic acids is 1. The van der Waals surface area contributed by atoms with Crippen molar-refractivity contribution in [1.82, 2.24) is 0 Å². The Labute approximate surface area is 125 Å². The fraction of sp³-hybridized carbons (Fsp3) is 0.154. The smallest absolute Gasteiger partial charge is 0.308 e. The minimum absolute atomic E-state index is 0.0543. The zero-order chi connectivity index (χ0) is 15.6. The lowest BCUT2D eigenvalue weighted by Crippen LogP contribution is -2.13. The van der Waals surface area contributed by atoms with Crippen molar-refractivity contribution in [3.63, 3.8) is 0 Å². The zero-order valence-corrected chi connectivity index (χ0v) is 12.6. The average molecular weight is 329 g/mol. The van der Waals surface area contributed by atoms with Gasteiger partial charge in [-0.05, 0) is 30.7 Å². The minimum atomic E-state index is -3.94. The first-order chi connectivity index (χ1) is 9.79. The second kappa shape index (κ2) is 5.82. The molecule has 0 saturated heterocycles. The molecule has 1 aromatic heterocycles. The number of anilines is 1. The van der Waals surface area contributed by atoms with Gasteiger partial charge in [0, 0.05) is 4.88 Å². The summed E-state index contributed by atoms with van der Waals surface area (Å²) >= 11 is 0.845. The third-order valence-electron chi connectivity index (χ3n) is 2.69. The maximum atomic E-state index is 13.7. The van der Waals surface area contributed by atoms with E-state index in [0.717, 1.165) is 17.4 Å². The SMILES string of the molecule is Cc1cccc(F)c1NS(=O)(=O)c1ccc(CC(=O)O)s1. The highest BCUT2D eigenvalue weighted by Crippen LogP contribution is 2.27. The van der Waals surface area contributed by atoms with E-state index < -0.39 is 21.8 Å². The van der Waals surface area contributed by atoms with E-state index in [0.29, 0.717) is 10.4 Å². The molecule has 112 valence electrons. The molecule has 0 fully saturated rings. The predicted octanol–water partition coefficient (Wildman–Crippen LogP) is 2.62. The maximum Gasteiger partial charge on any atom is 0.308 e. The van der Waals surface area contributed by atoms with E-state index in [1.165, 1.54) is 18.2 Å². The number of sulfonamides is 1. The van der Waals surface area contributed by atoms with E-state index in [1.807, 2.05) is 0 Å². The Morgan fingerprint density at radius 3 is 2.67 bits per heavy atom. The Bertz CT molecular complexity index is 763. The zero-order valence-electron chi connectivity index (χ0n) is 11.0. The highest BCUT2D eigenvalue weighted by Gasteiger charge is 2.20. The normalized spacial score (nSPS) is 11.3. The van der Waals surface area contributed by atoms with Gasteiger partial charge in [0.25, 0.3) is 10.0 Å². The van der Waals surface area contributed by atoms with Gasteiger partial charge in [-0.2, -0.15) is 0 Å². The van der Waals surface area contributed by atoms with Gasteiger partial charge >= 0.3 is 5.97 Å². The van der Waals surface area contributed by atoms with Gasteiger partial charge in [0.2, 0.25) is 0 Å². The summed E-state index contributed by atoms with van der Waals surface area (Å²) < 4.78 is 40.2. The Morgan fingerprint density at radius 1 is 1.33 bits per heavy atom. The Hall–Kier alpha value is -1.93. The van der Waals surface area contributed by atoms with Crippen molar-refractivity contribution in [2.45, 2.75) is 17.6 Å². The van der Waals surface area contributed by atoms with Crippen LogP contribution < -0.4 is 4.72 Å². The fourth-order valence-corrected chi connectivity index (χ4v) is 4.18. The van der Waals surface area contributed by atoms with Crippen molar-refractivity contribution in [2.75, 3.05) is 4.72 Å². The third-order valence-corrected chi connectivity index (χ3v) is 5.61. The number of para-hydroxylation sites is 1. The summed E-state index contributed by atoms with van der Waals surface area (Å²) in [4.78, 5) is 11.0. The number of benzene rings is 1. The van der Waals surface area contributed by atoms with Gasteiger partial charge in [-0.25, -0.2) is 12.8 Å². The average Bonchev–Trinajstić information content (AvgIpc) is 2.82. The summed E-state index contributed by atoms with van der Waals surface area (Å²) in [5.74, 6) is -1.71. The molecule has 0 aliphatic rings. The van der Waals surface area contributed by atoms with Gasteiger partial charge in [0.1, 0.15) is 10.0 Å². The van der Waals surface area contributed by atoms with E-state index in [1.54, 1.807) is 13.0 Å². The van der Waals surface area contributed by atoms with Crippen LogP contribution in [0.25, 0.3) is 0 Å². The second-order valence-corrected chi connectivity index (χ2v) is 7.41. The Balaban J connectivity index is 2.30. The molecule has 21 heavy (non-hydrogen) atoms. The molecule has 2 N–H and O–H groups in total. The lowest BCUT2D eigenvalue weighted by atomic mass is 10.2. The second-order valence-electron chi connectivity index (χ2n) is 4.33. The van der Waals surface area contributed by atoms with Crippen LogP contribution in [0.5, 0.6) is 0 Å². The molecule has 0 unspecified atom stereocenters. The number of hydrogen-bond acceptors (Lipinski definition) is 4. The molecule has 0 radical (unpaired) electrons. The molecular formula is C13H12FNO4S2. The van der Waals surface area contributed by atoms with E-state index >= 15 is 0 Å². The number of carboxylic acid groups (broad SMARTS) is 1. The standard InChI is InChI=1S/C13H12FNO4S2/c1-8-3-2-4-10(14)13(8)15-21(18,19)12-6-5-9(20-12)7-11(16)17/h2-6,15H,7H2,1H3,(H,16,17). The minimum Gasteiger partial charge on any atom is -0.481 e. The lowest BCUT2D eigenvalue weighted by molar-refractivity contribution is -0.136. The van der Waals surface area contributed by atoms with Gasteiger partial charge in [-0.15, -0.1) is 11.3 Å². The quantitative estimate of drug-likeness (QED) is 0.883. The lowest BCUT2D eigenvalue weighted by Gasteiger charge is -2.09. The molecule has 0 atom stereocenters. The number of aryl methyl sites for hydroxylation is 1. The van der Waals surface area contributed by atoms with Crippen LogP contribution in [0.3, 0.4) is 0 Å². The molecule has 0 aliphatic carbocycles. The molecule has 5 nitrogen and oxygen atoms in total. The highest BCUT2D eigenvalue weighted by molar-refractivity contribution is 7.94. The third kappa shape index (κ3) is 3.59. The predicted molar refractivity (Wildman–Crippen MR) is 77.6 cm³/mol. The van der Waals surface area contributed by atoms with Crippen LogP contribution in [-0.2, 0) is 21.2 Å². The summed E-state index contributed by atoms with van der Waals surface area (Å²) in [7, 11) is -3.94. The van der Waals surface area contributed by atoms with Gasteiger partial charge < -0.3 is 5.11 Å². The van der Waals surface area contributed by atoms with Crippen LogP contribution in [0.4, 0.5) is 10.1 Å². The van der Waals surface area contributed by atoms with Crippen molar-refractivity contribution in [2.24, 2.45) is 0 Å². The van der Waals surface area contributed by atoms with Gasteiger partial charge in [-0.1, -0.05) is 12.1 Å². The summed E-state index contributed by atoms with van der Waals surface area (Å²) in [6, 6.07) is 6.97. The molecule has 1 aromatic carbocycles. The summed E-state index contributed by atoms with van der Waals surface area (Å²) in [5, 5.41) is 8.68. The Kier molecular flexibility index (Phi) is 4.29. The number of thiophene rings is 1. The molecule has 8 heteroatoms. The molecule has 0 spiro atoms. The van der Waals surface area contributed by atoms with E-state index in [-0.39, 0.29) is 16.3 Å². The van der Waals surface area contributed by atoms with Crippen molar-refractivity contribution < 1.29 is 22.7 Å². The van der Waals surface area contributed by atoms with Crippen LogP contribution in [0.1, 0.15) is 10.4 Å². The van der Waals surface area contributed by atoms with Gasteiger partial charge in [-0.3, -0.25) is 9.52 Å². The molecule has 2 rings (SSSR count). The van der Waals surface area contributed by atoms with E-state index in [9.17, 15) is 17.6 Å². The topological polar surface area (TPSA) is 83.5 Å². The van der Waals surface area contributed by atoms with E-state index in [2.05, 4.69) is 4.72 Å². The molecule has 0 saturated carbocycles.